The molecule has 4 nitrogen and oxygen atoms in total. The molecule has 0 saturated carbocycles. The number of benzene rings is 3. The van der Waals surface area contributed by atoms with Crippen LogP contribution < -0.4 is 5.32 Å². The number of carbonyl (C=O) groups is 2. The number of rotatable bonds is 11. The predicted molar refractivity (Wildman–Crippen MR) is 137 cm³/mol. The van der Waals surface area contributed by atoms with Crippen LogP contribution in [0.5, 0.6) is 0 Å². The first-order chi connectivity index (χ1) is 16.5. The molecule has 0 saturated heterocycles. The number of hydrogen-bond acceptors (Lipinski definition) is 3. The van der Waals surface area contributed by atoms with E-state index >= 15 is 0 Å². The van der Waals surface area contributed by atoms with E-state index in [1.807, 2.05) is 49.4 Å². The zero-order chi connectivity index (χ0) is 24.3. The molecule has 0 aromatic heterocycles. The summed E-state index contributed by atoms with van der Waals surface area (Å²) >= 11 is 7.50. The average molecular weight is 499 g/mol. The maximum Gasteiger partial charge on any atom is 0.243 e. The van der Waals surface area contributed by atoms with Gasteiger partial charge >= 0.3 is 0 Å². The highest BCUT2D eigenvalue weighted by Gasteiger charge is 2.30. The van der Waals surface area contributed by atoms with Gasteiger partial charge in [0.05, 0.1) is 5.75 Å². The van der Waals surface area contributed by atoms with Gasteiger partial charge in [-0.25, -0.2) is 4.39 Å². The monoisotopic (exact) mass is 498 g/mol. The first-order valence-corrected chi connectivity index (χ1v) is 12.7. The fraction of sp³-hybridized carbons (Fsp3) is 0.259. The van der Waals surface area contributed by atoms with Crippen LogP contribution >= 0.6 is 23.4 Å². The summed E-state index contributed by atoms with van der Waals surface area (Å²) in [5, 5.41) is 3.44. The maximum absolute atomic E-state index is 14.0. The van der Waals surface area contributed by atoms with Crippen molar-refractivity contribution in [2.24, 2.45) is 0 Å². The molecule has 0 heterocycles. The summed E-state index contributed by atoms with van der Waals surface area (Å²) in [6, 6.07) is 22.8. The summed E-state index contributed by atoms with van der Waals surface area (Å²) in [5.41, 5.74) is 2.34. The minimum absolute atomic E-state index is 0.125. The summed E-state index contributed by atoms with van der Waals surface area (Å²) < 4.78 is 14.0. The number of hydrogen-bond donors (Lipinski definition) is 1. The van der Waals surface area contributed by atoms with Crippen molar-refractivity contribution >= 4 is 35.2 Å². The minimum atomic E-state index is -0.692. The minimum Gasteiger partial charge on any atom is -0.355 e. The topological polar surface area (TPSA) is 49.4 Å². The molecule has 0 fully saturated rings. The van der Waals surface area contributed by atoms with Crippen molar-refractivity contribution in [2.45, 2.75) is 31.7 Å². The van der Waals surface area contributed by atoms with Crippen LogP contribution in [0.3, 0.4) is 0 Å². The number of halogens is 2. The Morgan fingerprint density at radius 2 is 1.71 bits per heavy atom. The molecule has 0 radical (unpaired) electrons. The molecule has 1 atom stereocenters. The van der Waals surface area contributed by atoms with Crippen LogP contribution in [-0.2, 0) is 28.3 Å². The van der Waals surface area contributed by atoms with E-state index in [0.717, 1.165) is 11.1 Å². The van der Waals surface area contributed by atoms with Gasteiger partial charge in [-0.15, -0.1) is 11.8 Å². The molecule has 2 amide bonds. The van der Waals surface area contributed by atoms with E-state index in [0.29, 0.717) is 29.3 Å². The normalized spacial score (nSPS) is 11.6. The molecule has 1 N–H and O–H groups in total. The Labute approximate surface area is 209 Å². The van der Waals surface area contributed by atoms with Gasteiger partial charge in [0.25, 0.3) is 0 Å². The number of likely N-dealkylation sites (N-methyl/N-ethyl adjacent to an activating group) is 1. The lowest BCUT2D eigenvalue weighted by Gasteiger charge is -2.31. The van der Waals surface area contributed by atoms with Crippen LogP contribution in [0.25, 0.3) is 0 Å². The Hall–Kier alpha value is -2.83. The van der Waals surface area contributed by atoms with Crippen molar-refractivity contribution in [3.05, 3.63) is 106 Å². The fourth-order valence-electron chi connectivity index (χ4n) is 3.62. The number of amides is 2. The molecule has 0 spiro atoms. The molecular formula is C27H28ClFN2O2S. The Bertz CT molecular complexity index is 1100. The lowest BCUT2D eigenvalue weighted by Crippen LogP contribution is -2.51. The van der Waals surface area contributed by atoms with Gasteiger partial charge in [-0.2, -0.15) is 0 Å². The summed E-state index contributed by atoms with van der Waals surface area (Å²) in [7, 11) is 0. The number of nitrogens with zero attached hydrogens (tertiary/aromatic N) is 1. The van der Waals surface area contributed by atoms with E-state index in [1.54, 1.807) is 35.2 Å². The lowest BCUT2D eigenvalue weighted by molar-refractivity contribution is -0.139. The summed E-state index contributed by atoms with van der Waals surface area (Å²) in [6.45, 7) is 2.56. The van der Waals surface area contributed by atoms with Gasteiger partial charge < -0.3 is 10.2 Å². The van der Waals surface area contributed by atoms with Crippen molar-refractivity contribution < 1.29 is 14.0 Å². The van der Waals surface area contributed by atoms with Crippen LogP contribution in [-0.4, -0.2) is 35.1 Å². The Kier molecular flexibility index (Phi) is 9.98. The quantitative estimate of drug-likeness (QED) is 0.380. The van der Waals surface area contributed by atoms with E-state index in [1.165, 1.54) is 17.8 Å². The fourth-order valence-corrected chi connectivity index (χ4v) is 4.73. The third-order valence-corrected chi connectivity index (χ3v) is 6.51. The van der Waals surface area contributed by atoms with Crippen molar-refractivity contribution in [2.75, 3.05) is 12.3 Å². The van der Waals surface area contributed by atoms with Crippen molar-refractivity contribution in [1.82, 2.24) is 10.2 Å². The summed E-state index contributed by atoms with van der Waals surface area (Å²) in [4.78, 5) is 28.2. The number of carbonyl (C=O) groups excluding carboxylic acids is 2. The second-order valence-corrected chi connectivity index (χ2v) is 9.26. The van der Waals surface area contributed by atoms with Crippen LogP contribution in [0.15, 0.2) is 78.9 Å². The molecule has 3 rings (SSSR count). The molecule has 0 aliphatic rings. The highest BCUT2D eigenvalue weighted by atomic mass is 35.5. The van der Waals surface area contributed by atoms with E-state index < -0.39 is 6.04 Å². The molecule has 3 aromatic rings. The van der Waals surface area contributed by atoms with Crippen LogP contribution in [0.1, 0.15) is 23.6 Å². The molecular weight excluding hydrogens is 471 g/mol. The molecule has 0 aliphatic heterocycles. The first-order valence-electron chi connectivity index (χ1n) is 11.1. The number of nitrogens with one attached hydrogen (secondary N) is 1. The van der Waals surface area contributed by atoms with E-state index in [2.05, 4.69) is 5.32 Å². The Balaban J connectivity index is 1.83. The second kappa shape index (κ2) is 13.2. The largest absolute Gasteiger partial charge is 0.355 e. The lowest BCUT2D eigenvalue weighted by atomic mass is 10.0. The third kappa shape index (κ3) is 7.61. The molecule has 0 bridgehead atoms. The average Bonchev–Trinajstić information content (AvgIpc) is 2.83. The van der Waals surface area contributed by atoms with E-state index in [-0.39, 0.29) is 29.9 Å². The van der Waals surface area contributed by atoms with Gasteiger partial charge in [-0.1, -0.05) is 72.3 Å². The van der Waals surface area contributed by atoms with Gasteiger partial charge in [0, 0.05) is 30.3 Å². The van der Waals surface area contributed by atoms with Gasteiger partial charge in [0.2, 0.25) is 11.8 Å². The summed E-state index contributed by atoms with van der Waals surface area (Å²) in [6.07, 6.45) is 0.386. The third-order valence-electron chi connectivity index (χ3n) is 5.30. The highest BCUT2D eigenvalue weighted by Crippen LogP contribution is 2.20. The molecule has 34 heavy (non-hydrogen) atoms. The molecule has 0 aliphatic carbocycles. The van der Waals surface area contributed by atoms with Gasteiger partial charge in [-0.05, 0) is 41.8 Å². The van der Waals surface area contributed by atoms with Crippen molar-refractivity contribution in [3.8, 4) is 0 Å². The second-order valence-electron chi connectivity index (χ2n) is 7.84. The van der Waals surface area contributed by atoms with Crippen LogP contribution in [0.4, 0.5) is 4.39 Å². The van der Waals surface area contributed by atoms with Crippen molar-refractivity contribution in [3.63, 3.8) is 0 Å². The molecule has 3 aromatic carbocycles. The predicted octanol–water partition coefficient (Wildman–Crippen LogP) is 5.49. The number of thioether (sulfide) groups is 1. The Morgan fingerprint density at radius 3 is 2.41 bits per heavy atom. The maximum atomic E-state index is 14.0. The zero-order valence-corrected chi connectivity index (χ0v) is 20.6. The molecule has 7 heteroatoms. The van der Waals surface area contributed by atoms with E-state index in [9.17, 15) is 14.0 Å². The van der Waals surface area contributed by atoms with Crippen LogP contribution in [0.2, 0.25) is 5.02 Å². The zero-order valence-electron chi connectivity index (χ0n) is 19.0. The molecule has 0 unspecified atom stereocenters. The van der Waals surface area contributed by atoms with E-state index in [4.69, 9.17) is 11.6 Å². The smallest absolute Gasteiger partial charge is 0.243 e. The molecule has 178 valence electrons. The van der Waals surface area contributed by atoms with Gasteiger partial charge in [-0.3, -0.25) is 9.59 Å². The van der Waals surface area contributed by atoms with Gasteiger partial charge in [0.15, 0.2) is 0 Å². The van der Waals surface area contributed by atoms with Crippen LogP contribution in [0, 0.1) is 5.82 Å². The standard InChI is InChI=1S/C27H28ClFN2O2S/c1-2-30-27(33)25(16-20-9-4-3-5-10-20)31(17-21-11-8-13-23(28)15-21)26(32)19-34-18-22-12-6-7-14-24(22)29/h3-15,25H,2,16-19H2,1H3,(H,30,33)/t25-/m1/s1. The van der Waals surface area contributed by atoms with Crippen molar-refractivity contribution in [1.29, 1.82) is 0 Å². The van der Waals surface area contributed by atoms with Gasteiger partial charge in [0.1, 0.15) is 11.9 Å². The highest BCUT2D eigenvalue weighted by molar-refractivity contribution is 7.99. The summed E-state index contributed by atoms with van der Waals surface area (Å²) in [5.74, 6) is -0.190. The first kappa shape index (κ1) is 25.8. The Morgan fingerprint density at radius 1 is 1.00 bits per heavy atom. The SMILES string of the molecule is CCNC(=O)[C@@H](Cc1ccccc1)N(Cc1cccc(Cl)c1)C(=O)CSCc1ccccc1F.